The molecule has 1 fully saturated rings. The molecule has 1 aromatic rings. The summed E-state index contributed by atoms with van der Waals surface area (Å²) in [5.41, 5.74) is 0. The fraction of sp³-hybridized carbons (Fsp3) is 0.733. The van der Waals surface area contributed by atoms with E-state index in [0.29, 0.717) is 12.1 Å². The maximum absolute atomic E-state index is 4.37. The number of aromatic nitrogens is 2. The van der Waals surface area contributed by atoms with E-state index in [1.54, 1.807) is 0 Å². The summed E-state index contributed by atoms with van der Waals surface area (Å²) in [6.45, 7) is 7.62. The number of hydrogen-bond donors (Lipinski definition) is 1. The summed E-state index contributed by atoms with van der Waals surface area (Å²) < 4.78 is 0. The van der Waals surface area contributed by atoms with Crippen molar-refractivity contribution >= 4 is 0 Å². The van der Waals surface area contributed by atoms with E-state index < -0.39 is 0 Å². The van der Waals surface area contributed by atoms with Gasteiger partial charge in [-0.05, 0) is 18.9 Å². The first-order valence-electron chi connectivity index (χ1n) is 7.56. The highest BCUT2D eigenvalue weighted by Crippen LogP contribution is 2.16. The highest BCUT2D eigenvalue weighted by molar-refractivity contribution is 4.93. The lowest BCUT2D eigenvalue weighted by Crippen LogP contribution is -2.56. The number of rotatable bonds is 6. The van der Waals surface area contributed by atoms with Gasteiger partial charge < -0.3 is 5.32 Å². The highest BCUT2D eigenvalue weighted by atomic mass is 15.2. The van der Waals surface area contributed by atoms with Gasteiger partial charge in [-0.1, -0.05) is 26.7 Å². The molecule has 2 atom stereocenters. The zero-order chi connectivity index (χ0) is 13.5. The van der Waals surface area contributed by atoms with E-state index in [4.69, 9.17) is 0 Å². The Morgan fingerprint density at radius 1 is 1.21 bits per heavy atom. The Morgan fingerprint density at radius 3 is 2.63 bits per heavy atom. The van der Waals surface area contributed by atoms with Crippen LogP contribution in [-0.2, 0) is 6.54 Å². The molecule has 106 valence electrons. The zero-order valence-electron chi connectivity index (χ0n) is 12.2. The van der Waals surface area contributed by atoms with Gasteiger partial charge in [0, 0.05) is 37.6 Å². The number of nitrogens with one attached hydrogen (secondary N) is 1. The molecular weight excluding hydrogens is 236 g/mol. The van der Waals surface area contributed by atoms with Crippen molar-refractivity contribution in [3.05, 3.63) is 24.3 Å². The van der Waals surface area contributed by atoms with Crippen LogP contribution in [0.15, 0.2) is 18.5 Å². The lowest BCUT2D eigenvalue weighted by Gasteiger charge is -2.40. The van der Waals surface area contributed by atoms with Gasteiger partial charge in [-0.25, -0.2) is 9.97 Å². The average Bonchev–Trinajstić information content (AvgIpc) is 2.43. The standard InChI is InChI=1S/C15H26N4/c1-3-6-13-11-19(14(7-4-2)10-18-13)12-15-16-8-5-9-17-15/h5,8-9,13-14,18H,3-4,6-7,10-12H2,1-2H3. The molecule has 0 bridgehead atoms. The van der Waals surface area contributed by atoms with Crippen molar-refractivity contribution in [3.8, 4) is 0 Å². The van der Waals surface area contributed by atoms with E-state index in [9.17, 15) is 0 Å². The zero-order valence-corrected chi connectivity index (χ0v) is 12.2. The summed E-state index contributed by atoms with van der Waals surface area (Å²) >= 11 is 0. The van der Waals surface area contributed by atoms with Gasteiger partial charge in [-0.3, -0.25) is 4.90 Å². The maximum atomic E-state index is 4.37. The Kier molecular flexibility index (Phi) is 5.73. The SMILES string of the molecule is CCCC1CN(Cc2ncccn2)C(CCC)CN1. The lowest BCUT2D eigenvalue weighted by molar-refractivity contribution is 0.109. The molecule has 2 rings (SSSR count). The van der Waals surface area contributed by atoms with Crippen LogP contribution in [0.5, 0.6) is 0 Å². The molecule has 4 heteroatoms. The lowest BCUT2D eigenvalue weighted by atomic mass is 10.0. The van der Waals surface area contributed by atoms with E-state index in [1.807, 2.05) is 18.5 Å². The van der Waals surface area contributed by atoms with E-state index in [0.717, 1.165) is 25.5 Å². The molecule has 1 N–H and O–H groups in total. The molecular formula is C15H26N4. The van der Waals surface area contributed by atoms with E-state index in [1.165, 1.54) is 25.7 Å². The van der Waals surface area contributed by atoms with Crippen LogP contribution in [0, 0.1) is 0 Å². The molecule has 2 unspecified atom stereocenters. The molecule has 1 aliphatic heterocycles. The average molecular weight is 262 g/mol. The van der Waals surface area contributed by atoms with Crippen molar-refractivity contribution in [1.29, 1.82) is 0 Å². The molecule has 1 aliphatic rings. The van der Waals surface area contributed by atoms with Crippen LogP contribution in [0.1, 0.15) is 45.4 Å². The minimum atomic E-state index is 0.627. The van der Waals surface area contributed by atoms with Gasteiger partial charge in [-0.15, -0.1) is 0 Å². The van der Waals surface area contributed by atoms with Gasteiger partial charge in [0.25, 0.3) is 0 Å². The molecule has 1 saturated heterocycles. The summed E-state index contributed by atoms with van der Waals surface area (Å²) in [7, 11) is 0. The second kappa shape index (κ2) is 7.56. The van der Waals surface area contributed by atoms with Gasteiger partial charge in [0.1, 0.15) is 5.82 Å². The Labute approximate surface area is 116 Å². The van der Waals surface area contributed by atoms with Crippen LogP contribution in [0.4, 0.5) is 0 Å². The Bertz CT molecular complexity index is 354. The molecule has 4 nitrogen and oxygen atoms in total. The predicted molar refractivity (Wildman–Crippen MR) is 77.8 cm³/mol. The molecule has 2 heterocycles. The molecule has 0 aliphatic carbocycles. The first kappa shape index (κ1) is 14.4. The van der Waals surface area contributed by atoms with E-state index >= 15 is 0 Å². The molecule has 1 aromatic heterocycles. The van der Waals surface area contributed by atoms with Crippen LogP contribution in [-0.4, -0.2) is 40.0 Å². The summed E-state index contributed by atoms with van der Waals surface area (Å²) in [5.74, 6) is 0.945. The molecule has 0 radical (unpaired) electrons. The van der Waals surface area contributed by atoms with Crippen molar-refractivity contribution < 1.29 is 0 Å². The van der Waals surface area contributed by atoms with Crippen molar-refractivity contribution in [2.24, 2.45) is 0 Å². The summed E-state index contributed by atoms with van der Waals surface area (Å²) in [5, 5.41) is 3.69. The second-order valence-corrected chi connectivity index (χ2v) is 5.43. The normalized spacial score (nSPS) is 24.5. The predicted octanol–water partition coefficient (Wildman–Crippen LogP) is 2.22. The third kappa shape index (κ3) is 4.25. The third-order valence-corrected chi connectivity index (χ3v) is 3.84. The van der Waals surface area contributed by atoms with Gasteiger partial charge in [0.2, 0.25) is 0 Å². The van der Waals surface area contributed by atoms with E-state index in [2.05, 4.69) is 34.0 Å². The Hall–Kier alpha value is -1.00. The minimum Gasteiger partial charge on any atom is -0.311 e. The number of hydrogen-bond acceptors (Lipinski definition) is 4. The molecule has 0 saturated carbocycles. The van der Waals surface area contributed by atoms with Crippen LogP contribution in [0.3, 0.4) is 0 Å². The quantitative estimate of drug-likeness (QED) is 0.853. The van der Waals surface area contributed by atoms with Crippen LogP contribution >= 0.6 is 0 Å². The Balaban J connectivity index is 1.98. The van der Waals surface area contributed by atoms with Crippen molar-refractivity contribution in [2.45, 2.75) is 58.2 Å². The van der Waals surface area contributed by atoms with Gasteiger partial charge in [0.15, 0.2) is 0 Å². The topological polar surface area (TPSA) is 41.1 Å². The smallest absolute Gasteiger partial charge is 0.142 e. The second-order valence-electron chi connectivity index (χ2n) is 5.43. The monoisotopic (exact) mass is 262 g/mol. The van der Waals surface area contributed by atoms with Gasteiger partial charge >= 0.3 is 0 Å². The minimum absolute atomic E-state index is 0.627. The number of nitrogens with zero attached hydrogens (tertiary/aromatic N) is 3. The van der Waals surface area contributed by atoms with Crippen LogP contribution in [0.2, 0.25) is 0 Å². The van der Waals surface area contributed by atoms with Crippen molar-refractivity contribution in [2.75, 3.05) is 13.1 Å². The van der Waals surface area contributed by atoms with Crippen LogP contribution < -0.4 is 5.32 Å². The molecule has 0 aromatic carbocycles. The molecule has 0 spiro atoms. The summed E-state index contributed by atoms with van der Waals surface area (Å²) in [4.78, 5) is 11.3. The first-order chi connectivity index (χ1) is 9.33. The van der Waals surface area contributed by atoms with Crippen LogP contribution in [0.25, 0.3) is 0 Å². The largest absolute Gasteiger partial charge is 0.311 e. The van der Waals surface area contributed by atoms with Gasteiger partial charge in [0.05, 0.1) is 6.54 Å². The van der Waals surface area contributed by atoms with Crippen molar-refractivity contribution in [3.63, 3.8) is 0 Å². The van der Waals surface area contributed by atoms with E-state index in [-0.39, 0.29) is 0 Å². The van der Waals surface area contributed by atoms with Gasteiger partial charge in [-0.2, -0.15) is 0 Å². The fourth-order valence-corrected chi connectivity index (χ4v) is 2.88. The highest BCUT2D eigenvalue weighted by Gasteiger charge is 2.27. The van der Waals surface area contributed by atoms with Crippen molar-refractivity contribution in [1.82, 2.24) is 20.2 Å². The number of piperazine rings is 1. The molecule has 0 amide bonds. The summed E-state index contributed by atoms with van der Waals surface area (Å²) in [6, 6.07) is 3.13. The third-order valence-electron chi connectivity index (χ3n) is 3.84. The fourth-order valence-electron chi connectivity index (χ4n) is 2.88. The maximum Gasteiger partial charge on any atom is 0.142 e. The summed E-state index contributed by atoms with van der Waals surface area (Å²) in [6.07, 6.45) is 8.65. The Morgan fingerprint density at radius 2 is 1.95 bits per heavy atom. The molecule has 19 heavy (non-hydrogen) atoms. The first-order valence-corrected chi connectivity index (χ1v) is 7.56.